The molecule has 1 atom stereocenters. The molecule has 1 saturated heterocycles. The maximum atomic E-state index is 4.44. The second kappa shape index (κ2) is 5.08. The number of alkyl halides is 1. The predicted octanol–water partition coefficient (Wildman–Crippen LogP) is 2.75. The van der Waals surface area contributed by atoms with E-state index in [2.05, 4.69) is 38.8 Å². The van der Waals surface area contributed by atoms with Crippen molar-refractivity contribution in [3.05, 3.63) is 29.6 Å². The summed E-state index contributed by atoms with van der Waals surface area (Å²) in [7, 11) is 0. The lowest BCUT2D eigenvalue weighted by atomic mass is 10.1. The van der Waals surface area contributed by atoms with Gasteiger partial charge in [0.05, 0.1) is 5.69 Å². The molecule has 0 aliphatic carbocycles. The normalized spacial score (nSPS) is 22.9. The summed E-state index contributed by atoms with van der Waals surface area (Å²) in [6.45, 7) is 5.49. The lowest BCUT2D eigenvalue weighted by molar-refractivity contribution is 0.225. The molecule has 0 aromatic carbocycles. The minimum absolute atomic E-state index is 0.662. The molecule has 0 spiro atoms. The number of nitrogens with zero attached hydrogens (tertiary/aromatic N) is 2. The van der Waals surface area contributed by atoms with Gasteiger partial charge in [0.2, 0.25) is 0 Å². The summed E-state index contributed by atoms with van der Waals surface area (Å²) in [6, 6.07) is 4.14. The first-order valence-corrected chi connectivity index (χ1v) is 6.44. The molecule has 1 aliphatic rings. The molecule has 1 aliphatic heterocycles. The molecule has 2 heterocycles. The zero-order chi connectivity index (χ0) is 10.7. The molecule has 0 saturated carbocycles. The average Bonchev–Trinajstić information content (AvgIpc) is 2.22. The van der Waals surface area contributed by atoms with Crippen molar-refractivity contribution < 1.29 is 0 Å². The number of piperidine rings is 1. The van der Waals surface area contributed by atoms with Gasteiger partial charge < -0.3 is 0 Å². The number of hydrogen-bond donors (Lipinski definition) is 0. The van der Waals surface area contributed by atoms with E-state index >= 15 is 0 Å². The number of hydrogen-bond acceptors (Lipinski definition) is 2. The Kier molecular flexibility index (Phi) is 3.76. The maximum absolute atomic E-state index is 4.44. The summed E-state index contributed by atoms with van der Waals surface area (Å²) < 4.78 is 0. The van der Waals surface area contributed by atoms with Gasteiger partial charge in [-0.15, -0.1) is 0 Å². The molecule has 1 fully saturated rings. The molecule has 1 aromatic heterocycles. The Hall–Kier alpha value is -0.410. The first kappa shape index (κ1) is 11.1. The summed E-state index contributed by atoms with van der Waals surface area (Å²) in [5, 5.41) is 0. The smallest absolute Gasteiger partial charge is 0.0573 e. The van der Waals surface area contributed by atoms with Gasteiger partial charge in [0, 0.05) is 24.1 Å². The molecule has 0 bridgehead atoms. The van der Waals surface area contributed by atoms with Crippen molar-refractivity contribution >= 4 is 15.9 Å². The minimum Gasteiger partial charge on any atom is -0.296 e. The van der Waals surface area contributed by atoms with Crippen LogP contribution in [0.5, 0.6) is 0 Å². The minimum atomic E-state index is 0.662. The summed E-state index contributed by atoms with van der Waals surface area (Å²) in [5.41, 5.74) is 2.52. The topological polar surface area (TPSA) is 16.1 Å². The highest BCUT2D eigenvalue weighted by atomic mass is 79.9. The number of aromatic nitrogens is 1. The molecule has 2 nitrogen and oxygen atoms in total. The highest BCUT2D eigenvalue weighted by Crippen LogP contribution is 2.18. The van der Waals surface area contributed by atoms with Crippen molar-refractivity contribution in [1.82, 2.24) is 9.88 Å². The SMILES string of the molecule is Cc1cccnc1CN1CCCC(Br)C1. The molecule has 15 heavy (non-hydrogen) atoms. The molecular formula is C12H17BrN2. The third kappa shape index (κ3) is 3.02. The van der Waals surface area contributed by atoms with Gasteiger partial charge in [0.15, 0.2) is 0 Å². The second-order valence-electron chi connectivity index (χ2n) is 4.24. The Morgan fingerprint density at radius 1 is 1.60 bits per heavy atom. The van der Waals surface area contributed by atoms with Gasteiger partial charge >= 0.3 is 0 Å². The van der Waals surface area contributed by atoms with Crippen molar-refractivity contribution in [3.8, 4) is 0 Å². The summed E-state index contributed by atoms with van der Waals surface area (Å²) in [6.07, 6.45) is 4.48. The van der Waals surface area contributed by atoms with E-state index in [0.29, 0.717) is 4.83 Å². The monoisotopic (exact) mass is 268 g/mol. The van der Waals surface area contributed by atoms with Gasteiger partial charge in [-0.05, 0) is 37.9 Å². The average molecular weight is 269 g/mol. The van der Waals surface area contributed by atoms with Gasteiger partial charge in [-0.2, -0.15) is 0 Å². The molecular weight excluding hydrogens is 252 g/mol. The number of halogens is 1. The molecule has 1 unspecified atom stereocenters. The lowest BCUT2D eigenvalue weighted by Crippen LogP contribution is -2.35. The van der Waals surface area contributed by atoms with Gasteiger partial charge in [-0.1, -0.05) is 22.0 Å². The number of rotatable bonds is 2. The van der Waals surface area contributed by atoms with Crippen LogP contribution >= 0.6 is 15.9 Å². The Balaban J connectivity index is 1.99. The van der Waals surface area contributed by atoms with Crippen LogP contribution < -0.4 is 0 Å². The van der Waals surface area contributed by atoms with Gasteiger partial charge in [-0.25, -0.2) is 0 Å². The van der Waals surface area contributed by atoms with Gasteiger partial charge in [0.1, 0.15) is 0 Å². The molecule has 1 aromatic rings. The van der Waals surface area contributed by atoms with E-state index in [0.717, 1.165) is 13.1 Å². The molecule has 0 amide bonds. The van der Waals surface area contributed by atoms with Crippen molar-refractivity contribution in [2.45, 2.75) is 31.1 Å². The predicted molar refractivity (Wildman–Crippen MR) is 66.2 cm³/mol. The maximum Gasteiger partial charge on any atom is 0.0573 e. The first-order valence-electron chi connectivity index (χ1n) is 5.52. The Morgan fingerprint density at radius 2 is 2.47 bits per heavy atom. The van der Waals surface area contributed by atoms with Crippen LogP contribution in [0.3, 0.4) is 0 Å². The van der Waals surface area contributed by atoms with Crippen molar-refractivity contribution in [3.63, 3.8) is 0 Å². The Bertz CT molecular complexity index is 327. The lowest BCUT2D eigenvalue weighted by Gasteiger charge is -2.29. The van der Waals surface area contributed by atoms with E-state index in [4.69, 9.17) is 0 Å². The van der Waals surface area contributed by atoms with Crippen molar-refractivity contribution in [2.24, 2.45) is 0 Å². The summed E-state index contributed by atoms with van der Waals surface area (Å²) in [4.78, 5) is 7.59. The van der Waals surface area contributed by atoms with Crippen LogP contribution in [0.4, 0.5) is 0 Å². The molecule has 3 heteroatoms. The molecule has 0 radical (unpaired) electrons. The highest BCUT2D eigenvalue weighted by molar-refractivity contribution is 9.09. The fraction of sp³-hybridized carbons (Fsp3) is 0.583. The first-order chi connectivity index (χ1) is 7.25. The summed E-state index contributed by atoms with van der Waals surface area (Å²) >= 11 is 3.70. The Labute approximate surface area is 99.8 Å². The van der Waals surface area contributed by atoms with E-state index in [1.165, 1.54) is 30.6 Å². The van der Waals surface area contributed by atoms with Crippen LogP contribution in [-0.4, -0.2) is 27.8 Å². The van der Waals surface area contributed by atoms with Crippen LogP contribution in [-0.2, 0) is 6.54 Å². The van der Waals surface area contributed by atoms with Crippen LogP contribution in [0, 0.1) is 6.92 Å². The number of aryl methyl sites for hydroxylation is 1. The van der Waals surface area contributed by atoms with Crippen LogP contribution in [0.2, 0.25) is 0 Å². The third-order valence-corrected chi connectivity index (χ3v) is 3.69. The molecule has 82 valence electrons. The van der Waals surface area contributed by atoms with Crippen LogP contribution in [0.1, 0.15) is 24.1 Å². The number of pyridine rings is 1. The Morgan fingerprint density at radius 3 is 3.20 bits per heavy atom. The van der Waals surface area contributed by atoms with Crippen LogP contribution in [0.15, 0.2) is 18.3 Å². The zero-order valence-electron chi connectivity index (χ0n) is 9.12. The fourth-order valence-corrected chi connectivity index (χ4v) is 2.77. The quantitative estimate of drug-likeness (QED) is 0.767. The van der Waals surface area contributed by atoms with E-state index in [1.807, 2.05) is 12.3 Å². The van der Waals surface area contributed by atoms with E-state index in [9.17, 15) is 0 Å². The van der Waals surface area contributed by atoms with Gasteiger partial charge in [0.25, 0.3) is 0 Å². The third-order valence-electron chi connectivity index (χ3n) is 2.94. The van der Waals surface area contributed by atoms with E-state index in [1.54, 1.807) is 0 Å². The van der Waals surface area contributed by atoms with Crippen LogP contribution in [0.25, 0.3) is 0 Å². The zero-order valence-corrected chi connectivity index (χ0v) is 10.7. The second-order valence-corrected chi connectivity index (χ2v) is 5.54. The van der Waals surface area contributed by atoms with E-state index < -0.39 is 0 Å². The summed E-state index contributed by atoms with van der Waals surface area (Å²) in [5.74, 6) is 0. The van der Waals surface area contributed by atoms with E-state index in [-0.39, 0.29) is 0 Å². The highest BCUT2D eigenvalue weighted by Gasteiger charge is 2.18. The number of likely N-dealkylation sites (tertiary alicyclic amines) is 1. The van der Waals surface area contributed by atoms with Crippen molar-refractivity contribution in [2.75, 3.05) is 13.1 Å². The largest absolute Gasteiger partial charge is 0.296 e. The van der Waals surface area contributed by atoms with Gasteiger partial charge in [-0.3, -0.25) is 9.88 Å². The molecule has 2 rings (SSSR count). The standard InChI is InChI=1S/C12H17BrN2/c1-10-4-2-6-14-12(10)9-15-7-3-5-11(13)8-15/h2,4,6,11H,3,5,7-9H2,1H3. The molecule has 0 N–H and O–H groups in total. The fourth-order valence-electron chi connectivity index (χ4n) is 2.04. The van der Waals surface area contributed by atoms with Crippen molar-refractivity contribution in [1.29, 1.82) is 0 Å².